The Labute approximate surface area is 174 Å². The summed E-state index contributed by atoms with van der Waals surface area (Å²) in [6.45, 7) is 2.31. The van der Waals surface area contributed by atoms with Crippen molar-refractivity contribution in [2.75, 3.05) is 37.7 Å². The Morgan fingerprint density at radius 1 is 0.867 bits per heavy atom. The summed E-state index contributed by atoms with van der Waals surface area (Å²) in [6.07, 6.45) is -0.734. The highest BCUT2D eigenvalue weighted by atomic mass is 16.5. The molecule has 0 unspecified atom stereocenters. The van der Waals surface area contributed by atoms with Crippen LogP contribution in [0.15, 0.2) is 66.7 Å². The highest BCUT2D eigenvalue weighted by Gasteiger charge is 2.36. The van der Waals surface area contributed by atoms with Crippen LogP contribution in [0.5, 0.6) is 5.75 Å². The van der Waals surface area contributed by atoms with Gasteiger partial charge in [-0.25, -0.2) is 0 Å². The number of fused-ring (bicyclic) bond motifs is 2. The number of hydrogen-bond acceptors (Lipinski definition) is 4. The monoisotopic (exact) mass is 402 g/mol. The predicted molar refractivity (Wildman–Crippen MR) is 114 cm³/mol. The number of carbonyl (C=O) groups excluding carboxylic acids is 2. The number of ether oxygens (including phenoxy) is 2. The van der Waals surface area contributed by atoms with Crippen LogP contribution in [0.2, 0.25) is 0 Å². The van der Waals surface area contributed by atoms with E-state index in [0.717, 1.165) is 10.8 Å². The summed E-state index contributed by atoms with van der Waals surface area (Å²) in [6, 6.07) is 21.0. The average molecular weight is 402 g/mol. The zero-order valence-electron chi connectivity index (χ0n) is 16.5. The lowest BCUT2D eigenvalue weighted by molar-refractivity contribution is -0.142. The largest absolute Gasteiger partial charge is 0.476 e. The van der Waals surface area contributed by atoms with Crippen LogP contribution in [0, 0.1) is 0 Å². The van der Waals surface area contributed by atoms with E-state index in [4.69, 9.17) is 9.47 Å². The quantitative estimate of drug-likeness (QED) is 0.661. The van der Waals surface area contributed by atoms with Gasteiger partial charge in [0.25, 0.3) is 11.8 Å². The first-order valence-corrected chi connectivity index (χ1v) is 10.1. The predicted octanol–water partition coefficient (Wildman–Crippen LogP) is 3.11. The van der Waals surface area contributed by atoms with Gasteiger partial charge in [0.1, 0.15) is 5.75 Å². The number of amides is 2. The van der Waals surface area contributed by atoms with Crippen molar-refractivity contribution in [2.24, 2.45) is 0 Å². The molecule has 6 heteroatoms. The van der Waals surface area contributed by atoms with Gasteiger partial charge >= 0.3 is 0 Å². The van der Waals surface area contributed by atoms with Gasteiger partial charge in [-0.1, -0.05) is 42.5 Å². The summed E-state index contributed by atoms with van der Waals surface area (Å²) in [7, 11) is 0. The molecule has 0 N–H and O–H groups in total. The fraction of sp³-hybridized carbons (Fsp3) is 0.250. The lowest BCUT2D eigenvalue weighted by atomic mass is 10.0. The van der Waals surface area contributed by atoms with Crippen molar-refractivity contribution in [3.05, 3.63) is 72.3 Å². The molecule has 3 aromatic rings. The van der Waals surface area contributed by atoms with Gasteiger partial charge < -0.3 is 19.3 Å². The van der Waals surface area contributed by atoms with E-state index >= 15 is 0 Å². The van der Waals surface area contributed by atoms with Crippen LogP contribution in [0.3, 0.4) is 0 Å². The van der Waals surface area contributed by atoms with Crippen LogP contribution in [-0.2, 0) is 9.53 Å². The minimum Gasteiger partial charge on any atom is -0.476 e. The first-order valence-electron chi connectivity index (χ1n) is 10.1. The van der Waals surface area contributed by atoms with Crippen molar-refractivity contribution in [3.8, 4) is 5.75 Å². The molecular weight excluding hydrogens is 380 g/mol. The highest BCUT2D eigenvalue weighted by molar-refractivity contribution is 6.09. The summed E-state index contributed by atoms with van der Waals surface area (Å²) < 4.78 is 11.4. The van der Waals surface area contributed by atoms with Gasteiger partial charge in [0, 0.05) is 18.7 Å². The Morgan fingerprint density at radius 3 is 2.43 bits per heavy atom. The zero-order chi connectivity index (χ0) is 20.5. The molecule has 5 rings (SSSR count). The standard InChI is InChI=1S/C24H22N2O4/c27-23(19-10-9-17-5-1-2-6-18(17)15-19)26-16-22(24(28)25-11-13-29-14-12-25)30-21-8-4-3-7-20(21)26/h1-10,15,22H,11-14,16H2/t22-/m0/s1. The third-order valence-electron chi connectivity index (χ3n) is 5.61. The van der Waals surface area contributed by atoms with Gasteiger partial charge in [0.05, 0.1) is 25.4 Å². The number of carbonyl (C=O) groups is 2. The van der Waals surface area contributed by atoms with Gasteiger partial charge in [-0.2, -0.15) is 0 Å². The fourth-order valence-electron chi connectivity index (χ4n) is 4.02. The van der Waals surface area contributed by atoms with Crippen molar-refractivity contribution < 1.29 is 19.1 Å². The average Bonchev–Trinajstić information content (AvgIpc) is 2.82. The first kappa shape index (κ1) is 18.6. The third kappa shape index (κ3) is 3.39. The molecule has 2 aliphatic rings. The van der Waals surface area contributed by atoms with Crippen molar-refractivity contribution in [1.29, 1.82) is 0 Å². The van der Waals surface area contributed by atoms with E-state index in [9.17, 15) is 9.59 Å². The number of anilines is 1. The molecule has 0 aromatic heterocycles. The van der Waals surface area contributed by atoms with E-state index in [-0.39, 0.29) is 18.4 Å². The molecule has 0 spiro atoms. The third-order valence-corrected chi connectivity index (χ3v) is 5.61. The molecule has 0 bridgehead atoms. The maximum absolute atomic E-state index is 13.5. The maximum atomic E-state index is 13.5. The van der Waals surface area contributed by atoms with Gasteiger partial charge in [-0.15, -0.1) is 0 Å². The number of morpholine rings is 1. The van der Waals surface area contributed by atoms with Crippen molar-refractivity contribution in [2.45, 2.75) is 6.10 Å². The summed E-state index contributed by atoms with van der Waals surface area (Å²) >= 11 is 0. The zero-order valence-corrected chi connectivity index (χ0v) is 16.5. The Hall–Kier alpha value is -3.38. The van der Waals surface area contributed by atoms with Gasteiger partial charge in [-0.3, -0.25) is 9.59 Å². The van der Waals surface area contributed by atoms with E-state index in [1.54, 1.807) is 15.9 Å². The van der Waals surface area contributed by atoms with E-state index in [0.29, 0.717) is 43.3 Å². The van der Waals surface area contributed by atoms with Crippen LogP contribution < -0.4 is 9.64 Å². The van der Waals surface area contributed by atoms with Crippen LogP contribution in [0.4, 0.5) is 5.69 Å². The molecule has 0 aliphatic carbocycles. The Balaban J connectivity index is 1.47. The smallest absolute Gasteiger partial charge is 0.265 e. The minimum absolute atomic E-state index is 0.107. The van der Waals surface area contributed by atoms with Crippen LogP contribution in [-0.4, -0.2) is 55.7 Å². The summed E-state index contributed by atoms with van der Waals surface area (Å²) in [5.74, 6) is 0.296. The molecule has 152 valence electrons. The molecule has 1 fully saturated rings. The lowest BCUT2D eigenvalue weighted by Gasteiger charge is -2.37. The number of para-hydroxylation sites is 2. The molecule has 2 amide bonds. The molecule has 1 atom stereocenters. The second kappa shape index (κ2) is 7.80. The van der Waals surface area contributed by atoms with Gasteiger partial charge in [0.2, 0.25) is 0 Å². The molecule has 0 saturated carbocycles. The van der Waals surface area contributed by atoms with Crippen LogP contribution >= 0.6 is 0 Å². The molecule has 3 aromatic carbocycles. The second-order valence-electron chi connectivity index (χ2n) is 7.49. The molecule has 1 saturated heterocycles. The lowest BCUT2D eigenvalue weighted by Crippen LogP contribution is -2.54. The molecule has 0 radical (unpaired) electrons. The van der Waals surface area contributed by atoms with E-state index in [1.165, 1.54) is 0 Å². The number of hydrogen-bond donors (Lipinski definition) is 0. The normalized spacial score (nSPS) is 18.6. The van der Waals surface area contributed by atoms with E-state index in [1.807, 2.05) is 60.7 Å². The number of rotatable bonds is 2. The van der Waals surface area contributed by atoms with Crippen molar-refractivity contribution in [1.82, 2.24) is 4.90 Å². The fourth-order valence-corrected chi connectivity index (χ4v) is 4.02. The molecule has 30 heavy (non-hydrogen) atoms. The Bertz CT molecular complexity index is 1110. The summed E-state index contributed by atoms with van der Waals surface area (Å²) in [5, 5.41) is 2.09. The van der Waals surface area contributed by atoms with E-state index in [2.05, 4.69) is 0 Å². The molecule has 6 nitrogen and oxygen atoms in total. The van der Waals surface area contributed by atoms with Crippen LogP contribution in [0.25, 0.3) is 10.8 Å². The van der Waals surface area contributed by atoms with E-state index < -0.39 is 6.10 Å². The summed E-state index contributed by atoms with van der Waals surface area (Å²) in [5.41, 5.74) is 1.27. The molecule has 2 heterocycles. The second-order valence-corrected chi connectivity index (χ2v) is 7.49. The molecular formula is C24H22N2O4. The highest BCUT2D eigenvalue weighted by Crippen LogP contribution is 2.35. The SMILES string of the molecule is O=C([C@@H]1CN(C(=O)c2ccc3ccccc3c2)c2ccccc2O1)N1CCOCC1. The maximum Gasteiger partial charge on any atom is 0.265 e. The van der Waals surface area contributed by atoms with Crippen molar-refractivity contribution >= 4 is 28.3 Å². The minimum atomic E-state index is -0.734. The van der Waals surface area contributed by atoms with Gasteiger partial charge in [0.15, 0.2) is 6.10 Å². The molecule has 2 aliphatic heterocycles. The number of nitrogens with zero attached hydrogens (tertiary/aromatic N) is 2. The Morgan fingerprint density at radius 2 is 1.60 bits per heavy atom. The van der Waals surface area contributed by atoms with Crippen LogP contribution in [0.1, 0.15) is 10.4 Å². The number of benzene rings is 3. The Kier molecular flexibility index (Phi) is 4.85. The van der Waals surface area contributed by atoms with Gasteiger partial charge in [-0.05, 0) is 35.0 Å². The first-order chi connectivity index (χ1) is 14.7. The topological polar surface area (TPSA) is 59.1 Å². The summed E-state index contributed by atoms with van der Waals surface area (Å²) in [4.78, 5) is 29.9. The van der Waals surface area contributed by atoms with Crippen molar-refractivity contribution in [3.63, 3.8) is 0 Å².